The van der Waals surface area contributed by atoms with E-state index in [0.29, 0.717) is 24.2 Å². The maximum Gasteiger partial charge on any atom is 0.255 e. The summed E-state index contributed by atoms with van der Waals surface area (Å²) in [6.45, 7) is 2.11. The summed E-state index contributed by atoms with van der Waals surface area (Å²) in [5.74, 6) is -0.0808. The van der Waals surface area contributed by atoms with E-state index in [-0.39, 0.29) is 36.3 Å². The molecule has 1 fully saturated rings. The van der Waals surface area contributed by atoms with E-state index in [1.165, 1.54) is 12.1 Å². The van der Waals surface area contributed by atoms with Gasteiger partial charge in [0, 0.05) is 18.5 Å². The van der Waals surface area contributed by atoms with Crippen LogP contribution in [-0.4, -0.2) is 23.9 Å². The fourth-order valence-corrected chi connectivity index (χ4v) is 2.93. The number of carbonyl (C=O) groups excluding carboxylic acids is 2. The van der Waals surface area contributed by atoms with Crippen LogP contribution < -0.4 is 15.4 Å². The Hall–Kier alpha value is -2.89. The number of piperidine rings is 1. The average Bonchev–Trinajstić information content (AvgIpc) is 2.64. The second-order valence-electron chi connectivity index (χ2n) is 6.39. The number of carbonyl (C=O) groups is 2. The molecule has 5 nitrogen and oxygen atoms in total. The first-order valence-electron chi connectivity index (χ1n) is 8.59. The maximum absolute atomic E-state index is 13.0. The van der Waals surface area contributed by atoms with E-state index >= 15 is 0 Å². The minimum atomic E-state index is -0.303. The molecule has 2 N–H and O–H groups in total. The van der Waals surface area contributed by atoms with E-state index in [1.807, 2.05) is 6.92 Å². The van der Waals surface area contributed by atoms with E-state index in [0.717, 1.165) is 5.56 Å². The summed E-state index contributed by atoms with van der Waals surface area (Å²) >= 11 is 0. The van der Waals surface area contributed by atoms with Crippen LogP contribution in [0.25, 0.3) is 0 Å². The lowest BCUT2D eigenvalue weighted by Gasteiger charge is -2.30. The Bertz CT molecular complexity index is 792. The van der Waals surface area contributed by atoms with Gasteiger partial charge in [-0.1, -0.05) is 24.3 Å². The molecule has 6 heteroatoms. The molecular formula is C20H21FN2O3. The van der Waals surface area contributed by atoms with Gasteiger partial charge in [-0.3, -0.25) is 9.59 Å². The van der Waals surface area contributed by atoms with Gasteiger partial charge in [-0.05, 0) is 43.2 Å². The third kappa shape index (κ3) is 4.39. The van der Waals surface area contributed by atoms with Crippen LogP contribution >= 0.6 is 0 Å². The molecule has 0 spiro atoms. The van der Waals surface area contributed by atoms with E-state index in [1.54, 1.807) is 36.4 Å². The fourth-order valence-electron chi connectivity index (χ4n) is 2.93. The predicted molar refractivity (Wildman–Crippen MR) is 95.3 cm³/mol. The summed E-state index contributed by atoms with van der Waals surface area (Å²) in [6, 6.07) is 12.8. The second kappa shape index (κ2) is 7.99. The minimum absolute atomic E-state index is 0.00558. The molecule has 2 unspecified atom stereocenters. The van der Waals surface area contributed by atoms with Crippen LogP contribution in [0.1, 0.15) is 35.7 Å². The van der Waals surface area contributed by atoms with Crippen molar-refractivity contribution in [3.63, 3.8) is 0 Å². The lowest BCUT2D eigenvalue weighted by Crippen LogP contribution is -2.53. The Balaban J connectivity index is 1.67. The molecule has 1 saturated heterocycles. The highest BCUT2D eigenvalue weighted by molar-refractivity contribution is 5.97. The molecular weight excluding hydrogens is 335 g/mol. The van der Waals surface area contributed by atoms with Gasteiger partial charge in [0.25, 0.3) is 5.91 Å². The molecule has 2 aromatic carbocycles. The molecule has 0 aromatic heterocycles. The molecule has 26 heavy (non-hydrogen) atoms. The lowest BCUT2D eigenvalue weighted by atomic mass is 9.99. The zero-order valence-electron chi connectivity index (χ0n) is 14.5. The molecule has 3 rings (SSSR count). The van der Waals surface area contributed by atoms with E-state index in [9.17, 15) is 14.0 Å². The van der Waals surface area contributed by atoms with E-state index in [2.05, 4.69) is 10.6 Å². The Morgan fingerprint density at radius 1 is 1.23 bits per heavy atom. The first kappa shape index (κ1) is 17.9. The summed E-state index contributed by atoms with van der Waals surface area (Å²) in [7, 11) is 0. The SMILES string of the molecule is CC1NC(=O)CCC1NC(=O)c1ccccc1OCc1ccc(F)cc1. The highest BCUT2D eigenvalue weighted by Gasteiger charge is 2.27. The number of halogens is 1. The van der Waals surface area contributed by atoms with Crippen LogP contribution in [0.4, 0.5) is 4.39 Å². The number of hydrogen-bond donors (Lipinski definition) is 2. The molecule has 2 atom stereocenters. The van der Waals surface area contributed by atoms with Crippen molar-refractivity contribution in [3.8, 4) is 5.75 Å². The highest BCUT2D eigenvalue weighted by atomic mass is 19.1. The van der Waals surface area contributed by atoms with Crippen molar-refractivity contribution < 1.29 is 18.7 Å². The van der Waals surface area contributed by atoms with Crippen LogP contribution in [0.5, 0.6) is 5.75 Å². The Labute approximate surface area is 151 Å². The van der Waals surface area contributed by atoms with Crippen molar-refractivity contribution in [2.75, 3.05) is 0 Å². The normalized spacial score (nSPS) is 19.5. The number of benzene rings is 2. The molecule has 1 aliphatic heterocycles. The molecule has 1 aliphatic rings. The number of ether oxygens (including phenoxy) is 1. The zero-order chi connectivity index (χ0) is 18.5. The van der Waals surface area contributed by atoms with Gasteiger partial charge in [-0.2, -0.15) is 0 Å². The quantitative estimate of drug-likeness (QED) is 0.866. The molecule has 1 heterocycles. The first-order valence-corrected chi connectivity index (χ1v) is 8.59. The van der Waals surface area contributed by atoms with E-state index < -0.39 is 0 Å². The highest BCUT2D eigenvalue weighted by Crippen LogP contribution is 2.20. The molecule has 0 radical (unpaired) electrons. The Morgan fingerprint density at radius 3 is 2.69 bits per heavy atom. The Kier molecular flexibility index (Phi) is 5.51. The van der Waals surface area contributed by atoms with Gasteiger partial charge in [0.1, 0.15) is 18.2 Å². The van der Waals surface area contributed by atoms with E-state index in [4.69, 9.17) is 4.74 Å². The van der Waals surface area contributed by atoms with Crippen LogP contribution in [0.3, 0.4) is 0 Å². The zero-order valence-corrected chi connectivity index (χ0v) is 14.5. The molecule has 136 valence electrons. The minimum Gasteiger partial charge on any atom is -0.488 e. The number of rotatable bonds is 5. The summed E-state index contributed by atoms with van der Waals surface area (Å²) in [4.78, 5) is 24.1. The van der Waals surface area contributed by atoms with Crippen LogP contribution in [0.2, 0.25) is 0 Å². The van der Waals surface area contributed by atoms with Gasteiger partial charge in [0.15, 0.2) is 0 Å². The van der Waals surface area contributed by atoms with Gasteiger partial charge < -0.3 is 15.4 Å². The largest absolute Gasteiger partial charge is 0.488 e. The standard InChI is InChI=1S/C20H21FN2O3/c1-13-17(10-11-19(24)22-13)23-20(25)16-4-2-3-5-18(16)26-12-14-6-8-15(21)9-7-14/h2-9,13,17H,10-12H2,1H3,(H,22,24)(H,23,25). The molecule has 2 aromatic rings. The third-order valence-corrected chi connectivity index (χ3v) is 4.43. The summed E-state index contributed by atoms with van der Waals surface area (Å²) in [5.41, 5.74) is 1.24. The summed E-state index contributed by atoms with van der Waals surface area (Å²) < 4.78 is 18.7. The monoisotopic (exact) mass is 356 g/mol. The summed E-state index contributed by atoms with van der Waals surface area (Å²) in [6.07, 6.45) is 1.01. The summed E-state index contributed by atoms with van der Waals surface area (Å²) in [5, 5.41) is 5.80. The van der Waals surface area contributed by atoms with Crippen molar-refractivity contribution in [1.82, 2.24) is 10.6 Å². The average molecular weight is 356 g/mol. The van der Waals surface area contributed by atoms with Crippen molar-refractivity contribution in [1.29, 1.82) is 0 Å². The van der Waals surface area contributed by atoms with Crippen molar-refractivity contribution in [2.24, 2.45) is 0 Å². The number of amides is 2. The third-order valence-electron chi connectivity index (χ3n) is 4.43. The van der Waals surface area contributed by atoms with Gasteiger partial charge in [-0.25, -0.2) is 4.39 Å². The number of para-hydroxylation sites is 1. The smallest absolute Gasteiger partial charge is 0.255 e. The van der Waals surface area contributed by atoms with Crippen molar-refractivity contribution in [3.05, 3.63) is 65.5 Å². The maximum atomic E-state index is 13.0. The van der Waals surface area contributed by atoms with Crippen LogP contribution in [0, 0.1) is 5.82 Å². The lowest BCUT2D eigenvalue weighted by molar-refractivity contribution is -0.123. The number of hydrogen-bond acceptors (Lipinski definition) is 3. The molecule has 2 amide bonds. The topological polar surface area (TPSA) is 67.4 Å². The number of nitrogens with one attached hydrogen (secondary N) is 2. The molecule has 0 aliphatic carbocycles. The predicted octanol–water partition coefficient (Wildman–Crippen LogP) is 2.80. The first-order chi connectivity index (χ1) is 12.5. The van der Waals surface area contributed by atoms with Crippen LogP contribution in [0.15, 0.2) is 48.5 Å². The van der Waals surface area contributed by atoms with Gasteiger partial charge in [0.05, 0.1) is 5.56 Å². The Morgan fingerprint density at radius 2 is 1.96 bits per heavy atom. The van der Waals surface area contributed by atoms with Gasteiger partial charge in [-0.15, -0.1) is 0 Å². The molecule has 0 saturated carbocycles. The van der Waals surface area contributed by atoms with Gasteiger partial charge in [0.2, 0.25) is 5.91 Å². The van der Waals surface area contributed by atoms with Crippen LogP contribution in [-0.2, 0) is 11.4 Å². The van der Waals surface area contributed by atoms with Gasteiger partial charge >= 0.3 is 0 Å². The van der Waals surface area contributed by atoms with Crippen molar-refractivity contribution in [2.45, 2.75) is 38.5 Å². The second-order valence-corrected chi connectivity index (χ2v) is 6.39. The molecule has 0 bridgehead atoms. The van der Waals surface area contributed by atoms with Crippen molar-refractivity contribution >= 4 is 11.8 Å². The fraction of sp³-hybridized carbons (Fsp3) is 0.300.